The summed E-state index contributed by atoms with van der Waals surface area (Å²) in [6.07, 6.45) is 1.76. The predicted octanol–water partition coefficient (Wildman–Crippen LogP) is 1.93. The van der Waals surface area contributed by atoms with E-state index in [0.717, 1.165) is 5.56 Å². The quantitative estimate of drug-likeness (QED) is 0.640. The smallest absolute Gasteiger partial charge is 0.119 e. The zero-order valence-corrected chi connectivity index (χ0v) is 8.20. The third-order valence-electron chi connectivity index (χ3n) is 1.99. The van der Waals surface area contributed by atoms with E-state index in [4.69, 9.17) is 0 Å². The van der Waals surface area contributed by atoms with Gasteiger partial charge in [0.2, 0.25) is 0 Å². The van der Waals surface area contributed by atoms with Crippen LogP contribution in [0.1, 0.15) is 18.5 Å². The lowest BCUT2D eigenvalue weighted by Crippen LogP contribution is -2.18. The number of nitrogens with one attached hydrogen (secondary N) is 1. The van der Waals surface area contributed by atoms with E-state index in [2.05, 4.69) is 11.9 Å². The summed E-state index contributed by atoms with van der Waals surface area (Å²) in [6, 6.07) is 4.64. The summed E-state index contributed by atoms with van der Waals surface area (Å²) in [7, 11) is 0. The molecule has 14 heavy (non-hydrogen) atoms. The van der Waals surface area contributed by atoms with Crippen LogP contribution in [0.3, 0.4) is 0 Å². The molecule has 0 amide bonds. The van der Waals surface area contributed by atoms with Gasteiger partial charge in [0.15, 0.2) is 0 Å². The average Bonchev–Trinajstić information content (AvgIpc) is 2.12. The Morgan fingerprint density at radius 3 is 2.43 bits per heavy atom. The molecule has 76 valence electrons. The van der Waals surface area contributed by atoms with Crippen LogP contribution in [0.15, 0.2) is 30.9 Å². The van der Waals surface area contributed by atoms with Crippen molar-refractivity contribution in [2.45, 2.75) is 13.0 Å². The van der Waals surface area contributed by atoms with Gasteiger partial charge in [-0.25, -0.2) is 0 Å². The molecule has 1 atom stereocenters. The average molecular weight is 193 g/mol. The fourth-order valence-electron chi connectivity index (χ4n) is 1.25. The highest BCUT2D eigenvalue weighted by molar-refractivity contribution is 5.37. The molecule has 0 radical (unpaired) electrons. The molecule has 0 bridgehead atoms. The highest BCUT2D eigenvalue weighted by atomic mass is 16.3. The topological polar surface area (TPSA) is 52.5 Å². The first-order valence-electron chi connectivity index (χ1n) is 4.50. The molecule has 0 fully saturated rings. The van der Waals surface area contributed by atoms with Gasteiger partial charge < -0.3 is 15.5 Å². The van der Waals surface area contributed by atoms with Crippen molar-refractivity contribution < 1.29 is 10.2 Å². The van der Waals surface area contributed by atoms with Crippen LogP contribution in [0.5, 0.6) is 11.5 Å². The van der Waals surface area contributed by atoms with Crippen molar-refractivity contribution in [2.24, 2.45) is 0 Å². The second kappa shape index (κ2) is 4.67. The maximum atomic E-state index is 9.26. The van der Waals surface area contributed by atoms with Crippen molar-refractivity contribution in [3.8, 4) is 11.5 Å². The van der Waals surface area contributed by atoms with Crippen LogP contribution in [-0.2, 0) is 0 Å². The first-order chi connectivity index (χ1) is 6.63. The third-order valence-corrected chi connectivity index (χ3v) is 1.99. The lowest BCUT2D eigenvalue weighted by molar-refractivity contribution is 0.447. The van der Waals surface area contributed by atoms with Gasteiger partial charge in [0.25, 0.3) is 0 Å². The summed E-state index contributed by atoms with van der Waals surface area (Å²) < 4.78 is 0. The van der Waals surface area contributed by atoms with Crippen LogP contribution in [0.4, 0.5) is 0 Å². The van der Waals surface area contributed by atoms with E-state index in [1.54, 1.807) is 18.2 Å². The molecule has 0 aromatic heterocycles. The second-order valence-electron chi connectivity index (χ2n) is 3.20. The van der Waals surface area contributed by atoms with Gasteiger partial charge in [-0.3, -0.25) is 0 Å². The molecule has 1 rings (SSSR count). The zero-order valence-electron chi connectivity index (χ0n) is 8.20. The van der Waals surface area contributed by atoms with Crippen LogP contribution in [0.2, 0.25) is 0 Å². The van der Waals surface area contributed by atoms with Crippen LogP contribution >= 0.6 is 0 Å². The first kappa shape index (κ1) is 10.6. The zero-order chi connectivity index (χ0) is 10.6. The Balaban J connectivity index is 2.78. The molecule has 0 saturated carbocycles. The molecule has 3 heteroatoms. The molecule has 0 heterocycles. The predicted molar refractivity (Wildman–Crippen MR) is 56.4 cm³/mol. The van der Waals surface area contributed by atoms with E-state index in [1.165, 1.54) is 6.07 Å². The minimum atomic E-state index is 0.0750. The van der Waals surface area contributed by atoms with E-state index in [-0.39, 0.29) is 17.5 Å². The number of benzene rings is 1. The van der Waals surface area contributed by atoms with E-state index in [0.29, 0.717) is 6.54 Å². The van der Waals surface area contributed by atoms with Crippen molar-refractivity contribution in [2.75, 3.05) is 6.54 Å². The molecule has 0 aliphatic carbocycles. The van der Waals surface area contributed by atoms with Crippen molar-refractivity contribution in [3.63, 3.8) is 0 Å². The van der Waals surface area contributed by atoms with Gasteiger partial charge in [0.1, 0.15) is 11.5 Å². The molecule has 1 aromatic rings. The molecular formula is C11H15NO2. The molecule has 1 aromatic carbocycles. The molecule has 0 spiro atoms. The third kappa shape index (κ3) is 2.78. The van der Waals surface area contributed by atoms with Crippen LogP contribution in [-0.4, -0.2) is 16.8 Å². The number of hydrogen-bond acceptors (Lipinski definition) is 3. The standard InChI is InChI=1S/C11H15NO2/c1-3-4-12-8(2)9-5-10(13)7-11(14)6-9/h3,5-8,12-14H,1,4H2,2H3. The lowest BCUT2D eigenvalue weighted by Gasteiger charge is -2.13. The second-order valence-corrected chi connectivity index (χ2v) is 3.20. The molecule has 3 nitrogen and oxygen atoms in total. The summed E-state index contributed by atoms with van der Waals surface area (Å²) in [5.74, 6) is 0.152. The van der Waals surface area contributed by atoms with Gasteiger partial charge in [-0.05, 0) is 24.6 Å². The van der Waals surface area contributed by atoms with Crippen molar-refractivity contribution in [1.82, 2.24) is 5.32 Å². The van der Waals surface area contributed by atoms with Crippen molar-refractivity contribution in [1.29, 1.82) is 0 Å². The summed E-state index contributed by atoms with van der Waals surface area (Å²) in [5.41, 5.74) is 0.851. The van der Waals surface area contributed by atoms with Gasteiger partial charge in [0, 0.05) is 18.7 Å². The maximum absolute atomic E-state index is 9.26. The number of hydrogen-bond donors (Lipinski definition) is 3. The normalized spacial score (nSPS) is 12.4. The Labute approximate surface area is 83.7 Å². The van der Waals surface area contributed by atoms with E-state index < -0.39 is 0 Å². The van der Waals surface area contributed by atoms with E-state index in [9.17, 15) is 10.2 Å². The van der Waals surface area contributed by atoms with Gasteiger partial charge in [-0.2, -0.15) is 0 Å². The molecule has 1 unspecified atom stereocenters. The highest BCUT2D eigenvalue weighted by Gasteiger charge is 2.06. The molecule has 0 aliphatic rings. The number of rotatable bonds is 4. The Morgan fingerprint density at radius 1 is 1.36 bits per heavy atom. The number of phenols is 2. The molecule has 0 saturated heterocycles. The Kier molecular flexibility index (Phi) is 3.54. The minimum absolute atomic E-state index is 0.0750. The summed E-state index contributed by atoms with van der Waals surface area (Å²) in [4.78, 5) is 0. The van der Waals surface area contributed by atoms with Gasteiger partial charge in [0.05, 0.1) is 0 Å². The number of aromatic hydroxyl groups is 2. The monoisotopic (exact) mass is 193 g/mol. The summed E-state index contributed by atoms with van der Waals surface area (Å²) in [6.45, 7) is 6.25. The lowest BCUT2D eigenvalue weighted by atomic mass is 10.1. The fraction of sp³-hybridized carbons (Fsp3) is 0.273. The van der Waals surface area contributed by atoms with Crippen molar-refractivity contribution >= 4 is 0 Å². The number of phenolic OH excluding ortho intramolecular Hbond substituents is 2. The Hall–Kier alpha value is -1.48. The molecule has 3 N–H and O–H groups in total. The molecular weight excluding hydrogens is 178 g/mol. The molecule has 0 aliphatic heterocycles. The van der Waals surface area contributed by atoms with Crippen LogP contribution in [0.25, 0.3) is 0 Å². The van der Waals surface area contributed by atoms with E-state index >= 15 is 0 Å². The van der Waals surface area contributed by atoms with Gasteiger partial charge in [-0.15, -0.1) is 6.58 Å². The van der Waals surface area contributed by atoms with Crippen LogP contribution in [0, 0.1) is 0 Å². The fourth-order valence-corrected chi connectivity index (χ4v) is 1.25. The largest absolute Gasteiger partial charge is 0.508 e. The Bertz CT molecular complexity index is 303. The maximum Gasteiger partial charge on any atom is 0.119 e. The Morgan fingerprint density at radius 2 is 1.93 bits per heavy atom. The van der Waals surface area contributed by atoms with Gasteiger partial charge >= 0.3 is 0 Å². The van der Waals surface area contributed by atoms with E-state index in [1.807, 2.05) is 6.92 Å². The first-order valence-corrected chi connectivity index (χ1v) is 4.50. The summed E-state index contributed by atoms with van der Waals surface area (Å²) in [5, 5.41) is 21.7. The summed E-state index contributed by atoms with van der Waals surface area (Å²) >= 11 is 0. The minimum Gasteiger partial charge on any atom is -0.508 e. The highest BCUT2D eigenvalue weighted by Crippen LogP contribution is 2.24. The van der Waals surface area contributed by atoms with Crippen molar-refractivity contribution in [3.05, 3.63) is 36.4 Å². The van der Waals surface area contributed by atoms with Crippen LogP contribution < -0.4 is 5.32 Å². The SMILES string of the molecule is C=CCNC(C)c1cc(O)cc(O)c1. The van der Waals surface area contributed by atoms with Gasteiger partial charge in [-0.1, -0.05) is 6.08 Å².